The van der Waals surface area contributed by atoms with Gasteiger partial charge in [0.25, 0.3) is 0 Å². The zero-order valence-corrected chi connectivity index (χ0v) is 7.91. The molecule has 2 N–H and O–H groups in total. The van der Waals surface area contributed by atoms with Crippen LogP contribution in [0.5, 0.6) is 0 Å². The van der Waals surface area contributed by atoms with Crippen LogP contribution in [0.25, 0.3) is 0 Å². The average Bonchev–Trinajstić information content (AvgIpc) is 2.13. The Kier molecular flexibility index (Phi) is 6.09. The fraction of sp³-hybridized carbons (Fsp3) is 0.625. The van der Waals surface area contributed by atoms with Gasteiger partial charge in [-0.25, -0.2) is 4.79 Å². The Balaban J connectivity index is 3.46. The summed E-state index contributed by atoms with van der Waals surface area (Å²) in [5.74, 6) is -1.14. The lowest BCUT2D eigenvalue weighted by Crippen LogP contribution is -2.29. The molecule has 0 aromatic rings. The molecule has 0 bridgehead atoms. The summed E-state index contributed by atoms with van der Waals surface area (Å²) in [6.07, 6.45) is -0.270. The van der Waals surface area contributed by atoms with E-state index >= 15 is 0 Å². The van der Waals surface area contributed by atoms with Crippen LogP contribution in [0.1, 0.15) is 19.3 Å². The second kappa shape index (κ2) is 6.88. The molecule has 0 spiro atoms. The maximum absolute atomic E-state index is 11.0. The summed E-state index contributed by atoms with van der Waals surface area (Å²) in [5, 5.41) is 10.5. The lowest BCUT2D eigenvalue weighted by atomic mass is 10.2. The lowest BCUT2D eigenvalue weighted by Gasteiger charge is -2.01. The largest absolute Gasteiger partial charge is 0.481 e. The van der Waals surface area contributed by atoms with Crippen molar-refractivity contribution < 1.29 is 24.2 Å². The summed E-state index contributed by atoms with van der Waals surface area (Å²) < 4.78 is 4.25. The predicted molar refractivity (Wildman–Crippen MR) is 46.9 cm³/mol. The zero-order valence-electron chi connectivity index (χ0n) is 7.91. The van der Waals surface area contributed by atoms with Crippen LogP contribution < -0.4 is 5.32 Å². The minimum Gasteiger partial charge on any atom is -0.481 e. The van der Waals surface area contributed by atoms with Gasteiger partial charge >= 0.3 is 12.1 Å². The van der Waals surface area contributed by atoms with Crippen molar-refractivity contribution in [3.8, 4) is 0 Å². The molecule has 0 aliphatic rings. The van der Waals surface area contributed by atoms with E-state index in [1.54, 1.807) is 0 Å². The molecule has 0 unspecified atom stereocenters. The number of aliphatic carboxylic acids is 1. The van der Waals surface area contributed by atoms with Crippen molar-refractivity contribution in [3.63, 3.8) is 0 Å². The van der Waals surface area contributed by atoms with Crippen molar-refractivity contribution >= 4 is 17.8 Å². The molecule has 0 saturated carbocycles. The van der Waals surface area contributed by atoms with E-state index in [0.717, 1.165) is 0 Å². The normalized spacial score (nSPS) is 9.21. The van der Waals surface area contributed by atoms with Crippen LogP contribution in [-0.2, 0) is 14.3 Å². The van der Waals surface area contributed by atoms with Crippen LogP contribution in [0.3, 0.4) is 0 Å². The van der Waals surface area contributed by atoms with E-state index in [0.29, 0.717) is 0 Å². The molecule has 80 valence electrons. The number of ether oxygens (including phenoxy) is 1. The Bertz CT molecular complexity index is 226. The summed E-state index contributed by atoms with van der Waals surface area (Å²) in [7, 11) is 1.20. The molecule has 6 heteroatoms. The number of hydrogen-bond acceptors (Lipinski definition) is 4. The van der Waals surface area contributed by atoms with Crippen molar-refractivity contribution in [2.75, 3.05) is 13.7 Å². The van der Waals surface area contributed by atoms with Crippen LogP contribution in [0.4, 0.5) is 4.79 Å². The molecular weight excluding hydrogens is 190 g/mol. The van der Waals surface area contributed by atoms with Crippen LogP contribution in [0.15, 0.2) is 0 Å². The highest BCUT2D eigenvalue weighted by Crippen LogP contribution is 1.95. The molecule has 14 heavy (non-hydrogen) atoms. The smallest absolute Gasteiger partial charge is 0.407 e. The average molecular weight is 203 g/mol. The van der Waals surface area contributed by atoms with Crippen LogP contribution in [0, 0.1) is 0 Å². The fourth-order valence-electron chi connectivity index (χ4n) is 0.768. The minimum atomic E-state index is -0.932. The molecule has 6 nitrogen and oxygen atoms in total. The number of carbonyl (C=O) groups is 3. The van der Waals surface area contributed by atoms with Crippen molar-refractivity contribution in [2.45, 2.75) is 19.3 Å². The Morgan fingerprint density at radius 3 is 2.43 bits per heavy atom. The number of carbonyl (C=O) groups excluding carboxylic acids is 2. The molecule has 0 aromatic heterocycles. The second-order valence-corrected chi connectivity index (χ2v) is 2.63. The number of nitrogens with one attached hydrogen (secondary N) is 1. The quantitative estimate of drug-likeness (QED) is 0.641. The van der Waals surface area contributed by atoms with Gasteiger partial charge in [-0.3, -0.25) is 9.59 Å². The number of carboxylic acid groups (broad SMARTS) is 1. The van der Waals surface area contributed by atoms with Crippen molar-refractivity contribution in [1.29, 1.82) is 0 Å². The molecule has 0 rings (SSSR count). The monoisotopic (exact) mass is 203 g/mol. The van der Waals surface area contributed by atoms with E-state index in [4.69, 9.17) is 5.11 Å². The number of Topliss-reactive ketones (excluding diaryl/α,β-unsaturated/α-hetero) is 1. The molecule has 0 radical (unpaired) electrons. The highest BCUT2D eigenvalue weighted by atomic mass is 16.5. The Labute approximate surface area is 81.2 Å². The van der Waals surface area contributed by atoms with Gasteiger partial charge in [-0.2, -0.15) is 0 Å². The van der Waals surface area contributed by atoms with E-state index in [-0.39, 0.29) is 31.6 Å². The maximum Gasteiger partial charge on any atom is 0.407 e. The molecule has 0 aliphatic heterocycles. The van der Waals surface area contributed by atoms with Gasteiger partial charge in [-0.1, -0.05) is 0 Å². The van der Waals surface area contributed by atoms with Gasteiger partial charge in [0.15, 0.2) is 5.78 Å². The van der Waals surface area contributed by atoms with E-state index in [9.17, 15) is 14.4 Å². The van der Waals surface area contributed by atoms with Gasteiger partial charge in [0.2, 0.25) is 0 Å². The first-order valence-corrected chi connectivity index (χ1v) is 4.11. The summed E-state index contributed by atoms with van der Waals surface area (Å²) >= 11 is 0. The number of amides is 1. The molecule has 0 aromatic carbocycles. The highest BCUT2D eigenvalue weighted by Gasteiger charge is 2.06. The molecular formula is C8H13NO5. The number of hydrogen-bond donors (Lipinski definition) is 2. The van der Waals surface area contributed by atoms with Gasteiger partial charge in [0.1, 0.15) is 0 Å². The summed E-state index contributed by atoms with van der Waals surface area (Å²) in [6, 6.07) is 0. The molecule has 0 fully saturated rings. The first-order chi connectivity index (χ1) is 6.56. The number of ketones is 1. The van der Waals surface area contributed by atoms with Crippen molar-refractivity contribution in [1.82, 2.24) is 5.32 Å². The molecule has 0 aliphatic carbocycles. The third-order valence-electron chi connectivity index (χ3n) is 1.46. The second-order valence-electron chi connectivity index (χ2n) is 2.63. The SMILES string of the molecule is COC(=O)NCC(=O)CCCC(=O)O. The number of carboxylic acids is 1. The van der Waals surface area contributed by atoms with E-state index < -0.39 is 12.1 Å². The molecule has 0 heterocycles. The van der Waals surface area contributed by atoms with E-state index in [1.165, 1.54) is 7.11 Å². The standard InChI is InChI=1S/C8H13NO5/c1-14-8(13)9-5-6(10)3-2-4-7(11)12/h2-5H2,1H3,(H,9,13)(H,11,12). The molecule has 0 saturated heterocycles. The number of rotatable bonds is 6. The summed E-state index contributed by atoms with van der Waals surface area (Å²) in [6.45, 7) is -0.119. The topological polar surface area (TPSA) is 92.7 Å². The Hall–Kier alpha value is -1.59. The van der Waals surface area contributed by atoms with Gasteiger partial charge in [0, 0.05) is 12.8 Å². The van der Waals surface area contributed by atoms with Crippen molar-refractivity contribution in [2.24, 2.45) is 0 Å². The van der Waals surface area contributed by atoms with Crippen LogP contribution in [0.2, 0.25) is 0 Å². The minimum absolute atomic E-state index is 0.0377. The van der Waals surface area contributed by atoms with Gasteiger partial charge in [0.05, 0.1) is 13.7 Å². The van der Waals surface area contributed by atoms with E-state index in [2.05, 4.69) is 10.1 Å². The summed E-state index contributed by atoms with van der Waals surface area (Å²) in [5.41, 5.74) is 0. The van der Waals surface area contributed by atoms with E-state index in [1.807, 2.05) is 0 Å². The maximum atomic E-state index is 11.0. The molecule has 0 atom stereocenters. The van der Waals surface area contributed by atoms with Crippen LogP contribution >= 0.6 is 0 Å². The molecule has 1 amide bonds. The van der Waals surface area contributed by atoms with Crippen LogP contribution in [-0.4, -0.2) is 36.6 Å². The van der Waals surface area contributed by atoms with Gasteiger partial charge in [-0.15, -0.1) is 0 Å². The number of alkyl carbamates (subject to hydrolysis) is 1. The zero-order chi connectivity index (χ0) is 11.0. The number of methoxy groups -OCH3 is 1. The fourth-order valence-corrected chi connectivity index (χ4v) is 0.768. The lowest BCUT2D eigenvalue weighted by molar-refractivity contribution is -0.137. The van der Waals surface area contributed by atoms with Gasteiger partial charge in [-0.05, 0) is 6.42 Å². The Morgan fingerprint density at radius 2 is 1.93 bits per heavy atom. The van der Waals surface area contributed by atoms with Gasteiger partial charge < -0.3 is 15.2 Å². The third kappa shape index (κ3) is 7.08. The Morgan fingerprint density at radius 1 is 1.29 bits per heavy atom. The first-order valence-electron chi connectivity index (χ1n) is 4.11. The highest BCUT2D eigenvalue weighted by molar-refractivity contribution is 5.84. The summed E-state index contributed by atoms with van der Waals surface area (Å²) in [4.78, 5) is 31.6. The first kappa shape index (κ1) is 12.4. The third-order valence-corrected chi connectivity index (χ3v) is 1.46. The van der Waals surface area contributed by atoms with Crippen molar-refractivity contribution in [3.05, 3.63) is 0 Å². The predicted octanol–water partition coefficient (Wildman–Crippen LogP) is 0.166.